The highest BCUT2D eigenvalue weighted by Crippen LogP contribution is 2.21. The van der Waals surface area contributed by atoms with Crippen LogP contribution in [0.1, 0.15) is 56.3 Å². The van der Waals surface area contributed by atoms with Gasteiger partial charge in [-0.2, -0.15) is 0 Å². The Morgan fingerprint density at radius 3 is 2.50 bits per heavy atom. The van der Waals surface area contributed by atoms with Crippen LogP contribution in [-0.4, -0.2) is 11.5 Å². The maximum atomic E-state index is 4.44. The Balaban J connectivity index is 2.31. The summed E-state index contributed by atoms with van der Waals surface area (Å²) >= 11 is 1.83. The monoisotopic (exact) mass is 240 g/mol. The van der Waals surface area contributed by atoms with Gasteiger partial charge in [0.25, 0.3) is 0 Å². The van der Waals surface area contributed by atoms with Crippen molar-refractivity contribution in [1.29, 1.82) is 0 Å². The molecule has 0 amide bonds. The molecule has 0 spiro atoms. The molecule has 0 saturated carbocycles. The van der Waals surface area contributed by atoms with E-state index in [0.717, 1.165) is 19.0 Å². The highest BCUT2D eigenvalue weighted by atomic mass is 32.1. The van der Waals surface area contributed by atoms with Gasteiger partial charge in [0.1, 0.15) is 5.01 Å². The van der Waals surface area contributed by atoms with E-state index in [1.54, 1.807) is 0 Å². The Bertz CT molecular complexity index is 290. The lowest BCUT2D eigenvalue weighted by Gasteiger charge is -2.12. The maximum Gasteiger partial charge on any atom is 0.107 e. The molecule has 1 N–H and O–H groups in total. The van der Waals surface area contributed by atoms with Crippen LogP contribution in [0.3, 0.4) is 0 Å². The Hall–Kier alpha value is -0.410. The molecular formula is C13H24N2S. The average molecular weight is 240 g/mol. The van der Waals surface area contributed by atoms with Gasteiger partial charge in [0.2, 0.25) is 0 Å². The van der Waals surface area contributed by atoms with Gasteiger partial charge in [-0.25, -0.2) is 4.98 Å². The van der Waals surface area contributed by atoms with Crippen molar-refractivity contribution in [3.8, 4) is 0 Å². The van der Waals surface area contributed by atoms with Gasteiger partial charge in [-0.1, -0.05) is 40.5 Å². The molecule has 0 radical (unpaired) electrons. The topological polar surface area (TPSA) is 24.9 Å². The number of nitrogens with zero attached hydrogens (tertiary/aromatic N) is 1. The molecule has 3 heteroatoms. The third-order valence-corrected chi connectivity index (χ3v) is 4.30. The SMILES string of the molecule is CCC(CC)CNCc1ncc(C(C)C)s1. The number of rotatable bonds is 7. The zero-order valence-electron chi connectivity index (χ0n) is 10.9. The lowest BCUT2D eigenvalue weighted by molar-refractivity contribution is 0.449. The number of thiazole rings is 1. The largest absolute Gasteiger partial charge is 0.310 e. The summed E-state index contributed by atoms with van der Waals surface area (Å²) in [7, 11) is 0. The van der Waals surface area contributed by atoms with Gasteiger partial charge in [0.05, 0.1) is 0 Å². The van der Waals surface area contributed by atoms with Gasteiger partial charge in [-0.3, -0.25) is 0 Å². The van der Waals surface area contributed by atoms with Crippen molar-refractivity contribution in [1.82, 2.24) is 10.3 Å². The average Bonchev–Trinajstić information content (AvgIpc) is 2.73. The van der Waals surface area contributed by atoms with Crippen LogP contribution in [0.2, 0.25) is 0 Å². The van der Waals surface area contributed by atoms with Crippen molar-refractivity contribution in [2.24, 2.45) is 5.92 Å². The molecule has 1 aromatic rings. The Labute approximate surface area is 103 Å². The molecule has 0 atom stereocenters. The number of nitrogens with one attached hydrogen (secondary N) is 1. The minimum atomic E-state index is 0.602. The van der Waals surface area contributed by atoms with Gasteiger partial charge in [-0.15, -0.1) is 11.3 Å². The van der Waals surface area contributed by atoms with E-state index >= 15 is 0 Å². The summed E-state index contributed by atoms with van der Waals surface area (Å²) in [6.45, 7) is 11.0. The second-order valence-electron chi connectivity index (χ2n) is 4.62. The van der Waals surface area contributed by atoms with Gasteiger partial charge in [-0.05, 0) is 18.4 Å². The molecule has 0 aliphatic carbocycles. The summed E-state index contributed by atoms with van der Waals surface area (Å²) in [5, 5.41) is 4.72. The number of aromatic nitrogens is 1. The molecule has 0 aliphatic heterocycles. The fourth-order valence-corrected chi connectivity index (χ4v) is 2.53. The molecule has 92 valence electrons. The van der Waals surface area contributed by atoms with Crippen molar-refractivity contribution in [3.05, 3.63) is 16.1 Å². The van der Waals surface area contributed by atoms with E-state index in [4.69, 9.17) is 0 Å². The third-order valence-electron chi connectivity index (χ3n) is 3.00. The van der Waals surface area contributed by atoms with Gasteiger partial charge in [0.15, 0.2) is 0 Å². The first kappa shape index (κ1) is 13.7. The van der Waals surface area contributed by atoms with Gasteiger partial charge in [0, 0.05) is 17.6 Å². The first-order valence-electron chi connectivity index (χ1n) is 6.32. The van der Waals surface area contributed by atoms with Crippen molar-refractivity contribution < 1.29 is 0 Å². The molecule has 1 aromatic heterocycles. The Kier molecular flexibility index (Phi) is 5.99. The zero-order valence-corrected chi connectivity index (χ0v) is 11.7. The maximum absolute atomic E-state index is 4.44. The lowest BCUT2D eigenvalue weighted by Crippen LogP contribution is -2.21. The van der Waals surface area contributed by atoms with Crippen LogP contribution in [0, 0.1) is 5.92 Å². The molecule has 0 aromatic carbocycles. The predicted molar refractivity (Wildman–Crippen MR) is 72.0 cm³/mol. The lowest BCUT2D eigenvalue weighted by atomic mass is 10.0. The van der Waals surface area contributed by atoms with Crippen molar-refractivity contribution in [2.75, 3.05) is 6.54 Å². The summed E-state index contributed by atoms with van der Waals surface area (Å²) in [6, 6.07) is 0. The summed E-state index contributed by atoms with van der Waals surface area (Å²) in [5.74, 6) is 1.41. The van der Waals surface area contributed by atoms with Crippen molar-refractivity contribution >= 4 is 11.3 Å². The highest BCUT2D eigenvalue weighted by molar-refractivity contribution is 7.11. The van der Waals surface area contributed by atoms with Gasteiger partial charge < -0.3 is 5.32 Å². The smallest absolute Gasteiger partial charge is 0.107 e. The molecule has 0 bridgehead atoms. The van der Waals surface area contributed by atoms with Crippen LogP contribution in [0.15, 0.2) is 6.20 Å². The fraction of sp³-hybridized carbons (Fsp3) is 0.769. The zero-order chi connectivity index (χ0) is 12.0. The van der Waals surface area contributed by atoms with Crippen LogP contribution in [-0.2, 0) is 6.54 Å². The minimum absolute atomic E-state index is 0.602. The van der Waals surface area contributed by atoms with E-state index in [1.165, 1.54) is 22.7 Å². The standard InChI is InChI=1S/C13H24N2S/c1-5-11(6-2)7-14-9-13-15-8-12(16-13)10(3)4/h8,10-11,14H,5-7,9H2,1-4H3. The molecule has 0 fully saturated rings. The molecule has 0 aliphatic rings. The van der Waals surface area contributed by atoms with Crippen LogP contribution in [0.25, 0.3) is 0 Å². The quantitative estimate of drug-likeness (QED) is 0.784. The molecular weight excluding hydrogens is 216 g/mol. The molecule has 1 rings (SSSR count). The molecule has 0 saturated heterocycles. The predicted octanol–water partition coefficient (Wildman–Crippen LogP) is 3.79. The Morgan fingerprint density at radius 2 is 2.00 bits per heavy atom. The molecule has 2 nitrogen and oxygen atoms in total. The molecule has 0 unspecified atom stereocenters. The van der Waals surface area contributed by atoms with E-state index < -0.39 is 0 Å². The van der Waals surface area contributed by atoms with Crippen molar-refractivity contribution in [2.45, 2.75) is 53.0 Å². The van der Waals surface area contributed by atoms with E-state index in [1.807, 2.05) is 17.5 Å². The molecule has 16 heavy (non-hydrogen) atoms. The van der Waals surface area contributed by atoms with E-state index in [-0.39, 0.29) is 0 Å². The highest BCUT2D eigenvalue weighted by Gasteiger charge is 2.06. The minimum Gasteiger partial charge on any atom is -0.310 e. The van der Waals surface area contributed by atoms with E-state index in [2.05, 4.69) is 38.0 Å². The summed E-state index contributed by atoms with van der Waals surface area (Å²) < 4.78 is 0. The van der Waals surface area contributed by atoms with Crippen LogP contribution >= 0.6 is 11.3 Å². The van der Waals surface area contributed by atoms with Crippen LogP contribution in [0.4, 0.5) is 0 Å². The van der Waals surface area contributed by atoms with Gasteiger partial charge >= 0.3 is 0 Å². The number of hydrogen-bond donors (Lipinski definition) is 1. The Morgan fingerprint density at radius 1 is 1.31 bits per heavy atom. The number of hydrogen-bond acceptors (Lipinski definition) is 3. The van der Waals surface area contributed by atoms with Crippen LogP contribution in [0.5, 0.6) is 0 Å². The van der Waals surface area contributed by atoms with E-state index in [9.17, 15) is 0 Å². The summed E-state index contributed by atoms with van der Waals surface area (Å²) in [5.41, 5.74) is 0. The third kappa shape index (κ3) is 4.22. The normalized spacial score (nSPS) is 11.6. The molecule has 1 heterocycles. The second-order valence-corrected chi connectivity index (χ2v) is 5.77. The summed E-state index contributed by atoms with van der Waals surface area (Å²) in [6.07, 6.45) is 4.54. The van der Waals surface area contributed by atoms with Crippen molar-refractivity contribution in [3.63, 3.8) is 0 Å². The second kappa shape index (κ2) is 7.02. The first-order chi connectivity index (χ1) is 7.67. The van der Waals surface area contributed by atoms with E-state index in [0.29, 0.717) is 5.92 Å². The van der Waals surface area contributed by atoms with Crippen LogP contribution < -0.4 is 5.32 Å². The summed E-state index contributed by atoms with van der Waals surface area (Å²) in [4.78, 5) is 5.83. The first-order valence-corrected chi connectivity index (χ1v) is 7.14. The fourth-order valence-electron chi connectivity index (χ4n) is 1.63.